The SMILES string of the molecule is NC(=O)C(NC(=O)c1ccccc1)c1ccccc1C(=O)O. The third-order valence-electron chi connectivity index (χ3n) is 3.10. The Balaban J connectivity index is 2.34. The lowest BCUT2D eigenvalue weighted by atomic mass is 9.99. The van der Waals surface area contributed by atoms with Crippen LogP contribution in [0.3, 0.4) is 0 Å². The van der Waals surface area contributed by atoms with Gasteiger partial charge in [-0.25, -0.2) is 4.79 Å². The number of benzene rings is 2. The molecular formula is C16H14N2O4. The van der Waals surface area contributed by atoms with Gasteiger partial charge in [0, 0.05) is 5.56 Å². The number of carboxylic acid groups (broad SMARTS) is 1. The Morgan fingerprint density at radius 3 is 2.14 bits per heavy atom. The van der Waals surface area contributed by atoms with Gasteiger partial charge in [0.25, 0.3) is 5.91 Å². The largest absolute Gasteiger partial charge is 0.478 e. The minimum Gasteiger partial charge on any atom is -0.478 e. The molecule has 112 valence electrons. The van der Waals surface area contributed by atoms with Gasteiger partial charge in [0.1, 0.15) is 6.04 Å². The smallest absolute Gasteiger partial charge is 0.336 e. The first-order chi connectivity index (χ1) is 10.5. The monoisotopic (exact) mass is 298 g/mol. The first kappa shape index (κ1) is 15.2. The number of aromatic carboxylic acids is 1. The molecule has 1 unspecified atom stereocenters. The average Bonchev–Trinajstić information content (AvgIpc) is 2.53. The highest BCUT2D eigenvalue weighted by molar-refractivity contribution is 5.99. The van der Waals surface area contributed by atoms with Crippen molar-refractivity contribution < 1.29 is 19.5 Å². The van der Waals surface area contributed by atoms with E-state index in [2.05, 4.69) is 5.32 Å². The van der Waals surface area contributed by atoms with Gasteiger partial charge in [-0.3, -0.25) is 9.59 Å². The Morgan fingerprint density at radius 2 is 1.55 bits per heavy atom. The standard InChI is InChI=1S/C16H14N2O4/c17-14(19)13(11-8-4-5-9-12(11)16(21)22)18-15(20)10-6-2-1-3-7-10/h1-9,13H,(H2,17,19)(H,18,20)(H,21,22). The molecule has 0 heterocycles. The number of nitrogens with one attached hydrogen (secondary N) is 1. The summed E-state index contributed by atoms with van der Waals surface area (Å²) in [6, 6.07) is 13.0. The summed E-state index contributed by atoms with van der Waals surface area (Å²) in [7, 11) is 0. The molecule has 6 heteroatoms. The summed E-state index contributed by atoms with van der Waals surface area (Å²) in [5, 5.41) is 11.7. The minimum atomic E-state index is -1.22. The molecule has 2 aromatic rings. The lowest BCUT2D eigenvalue weighted by Crippen LogP contribution is -2.38. The van der Waals surface area contributed by atoms with E-state index in [1.807, 2.05) is 0 Å². The van der Waals surface area contributed by atoms with Crippen molar-refractivity contribution in [3.8, 4) is 0 Å². The number of amides is 2. The Bertz CT molecular complexity index is 713. The molecule has 0 radical (unpaired) electrons. The van der Waals surface area contributed by atoms with Gasteiger partial charge in [-0.05, 0) is 23.8 Å². The van der Waals surface area contributed by atoms with Crippen LogP contribution in [0.5, 0.6) is 0 Å². The highest BCUT2D eigenvalue weighted by atomic mass is 16.4. The van der Waals surface area contributed by atoms with E-state index in [4.69, 9.17) is 5.73 Å². The first-order valence-corrected chi connectivity index (χ1v) is 6.48. The van der Waals surface area contributed by atoms with Crippen molar-refractivity contribution in [2.24, 2.45) is 5.73 Å². The van der Waals surface area contributed by atoms with E-state index in [0.717, 1.165) is 0 Å². The number of rotatable bonds is 5. The van der Waals surface area contributed by atoms with Gasteiger partial charge >= 0.3 is 5.97 Å². The topological polar surface area (TPSA) is 109 Å². The van der Waals surface area contributed by atoms with E-state index >= 15 is 0 Å². The fraction of sp³-hybridized carbons (Fsp3) is 0.0625. The summed E-state index contributed by atoms with van der Waals surface area (Å²) < 4.78 is 0. The van der Waals surface area contributed by atoms with Crippen LogP contribution in [0.2, 0.25) is 0 Å². The number of carbonyl (C=O) groups is 3. The van der Waals surface area contributed by atoms with Crippen molar-refractivity contribution in [3.63, 3.8) is 0 Å². The predicted molar refractivity (Wildman–Crippen MR) is 79.2 cm³/mol. The van der Waals surface area contributed by atoms with E-state index in [1.165, 1.54) is 18.2 Å². The molecule has 0 aliphatic rings. The highest BCUT2D eigenvalue weighted by Crippen LogP contribution is 2.19. The van der Waals surface area contributed by atoms with Crippen LogP contribution in [0.4, 0.5) is 0 Å². The maximum absolute atomic E-state index is 12.1. The van der Waals surface area contributed by atoms with Crippen molar-refractivity contribution >= 4 is 17.8 Å². The molecule has 4 N–H and O–H groups in total. The number of primary amides is 1. The fourth-order valence-corrected chi connectivity index (χ4v) is 2.05. The first-order valence-electron chi connectivity index (χ1n) is 6.48. The molecular weight excluding hydrogens is 284 g/mol. The Kier molecular flexibility index (Phi) is 4.53. The zero-order valence-corrected chi connectivity index (χ0v) is 11.5. The molecule has 22 heavy (non-hydrogen) atoms. The highest BCUT2D eigenvalue weighted by Gasteiger charge is 2.25. The molecule has 6 nitrogen and oxygen atoms in total. The van der Waals surface area contributed by atoms with Gasteiger partial charge in [0.15, 0.2) is 0 Å². The third kappa shape index (κ3) is 3.29. The number of hydrogen-bond donors (Lipinski definition) is 3. The molecule has 0 aliphatic carbocycles. The Hall–Kier alpha value is -3.15. The van der Waals surface area contributed by atoms with Crippen LogP contribution in [-0.2, 0) is 4.79 Å². The maximum Gasteiger partial charge on any atom is 0.336 e. The van der Waals surface area contributed by atoms with E-state index in [1.54, 1.807) is 36.4 Å². The van der Waals surface area contributed by atoms with Crippen LogP contribution >= 0.6 is 0 Å². The summed E-state index contributed by atoms with van der Waals surface area (Å²) in [5.41, 5.74) is 5.73. The molecule has 0 bridgehead atoms. The predicted octanol–water partition coefficient (Wildman–Crippen LogP) is 1.34. The summed E-state index contributed by atoms with van der Waals surface area (Å²) in [6.45, 7) is 0. The third-order valence-corrected chi connectivity index (χ3v) is 3.10. The molecule has 2 rings (SSSR count). The summed E-state index contributed by atoms with van der Waals surface area (Å²) >= 11 is 0. The Morgan fingerprint density at radius 1 is 0.955 bits per heavy atom. The van der Waals surface area contributed by atoms with Gasteiger partial charge in [-0.1, -0.05) is 36.4 Å². The van der Waals surface area contributed by atoms with E-state index in [9.17, 15) is 19.5 Å². The van der Waals surface area contributed by atoms with Gasteiger partial charge in [0.05, 0.1) is 5.56 Å². The van der Waals surface area contributed by atoms with Crippen molar-refractivity contribution in [2.75, 3.05) is 0 Å². The van der Waals surface area contributed by atoms with Crippen molar-refractivity contribution in [1.82, 2.24) is 5.32 Å². The van der Waals surface area contributed by atoms with Gasteiger partial charge < -0.3 is 16.2 Å². The average molecular weight is 298 g/mol. The molecule has 2 amide bonds. The molecule has 0 aliphatic heterocycles. The second kappa shape index (κ2) is 6.53. The Labute approximate surface area is 126 Å². The van der Waals surface area contributed by atoms with Crippen LogP contribution in [-0.4, -0.2) is 22.9 Å². The van der Waals surface area contributed by atoms with Crippen molar-refractivity contribution in [1.29, 1.82) is 0 Å². The van der Waals surface area contributed by atoms with Gasteiger partial charge in [-0.2, -0.15) is 0 Å². The zero-order chi connectivity index (χ0) is 16.1. The lowest BCUT2D eigenvalue weighted by molar-refractivity contribution is -0.120. The zero-order valence-electron chi connectivity index (χ0n) is 11.5. The number of hydrogen-bond acceptors (Lipinski definition) is 3. The maximum atomic E-state index is 12.1. The second-order valence-corrected chi connectivity index (χ2v) is 4.57. The minimum absolute atomic E-state index is 0.0836. The van der Waals surface area contributed by atoms with Crippen molar-refractivity contribution in [3.05, 3.63) is 71.3 Å². The van der Waals surface area contributed by atoms with Crippen LogP contribution in [0, 0.1) is 0 Å². The molecule has 0 aromatic heterocycles. The number of carbonyl (C=O) groups excluding carboxylic acids is 2. The van der Waals surface area contributed by atoms with E-state index < -0.39 is 23.8 Å². The summed E-state index contributed by atoms with van der Waals surface area (Å²) in [4.78, 5) is 35.0. The number of carboxylic acids is 1. The molecule has 0 fully saturated rings. The van der Waals surface area contributed by atoms with Crippen LogP contribution in [0.15, 0.2) is 54.6 Å². The lowest BCUT2D eigenvalue weighted by Gasteiger charge is -2.17. The van der Waals surface area contributed by atoms with Gasteiger partial charge in [-0.15, -0.1) is 0 Å². The van der Waals surface area contributed by atoms with Crippen molar-refractivity contribution in [2.45, 2.75) is 6.04 Å². The summed E-state index contributed by atoms with van der Waals surface area (Å²) in [5.74, 6) is -2.54. The van der Waals surface area contributed by atoms with E-state index in [-0.39, 0.29) is 11.1 Å². The molecule has 0 saturated heterocycles. The van der Waals surface area contributed by atoms with Crippen LogP contribution in [0.25, 0.3) is 0 Å². The summed E-state index contributed by atoms with van der Waals surface area (Å²) in [6.07, 6.45) is 0. The van der Waals surface area contributed by atoms with Crippen LogP contribution in [0.1, 0.15) is 32.3 Å². The molecule has 2 aromatic carbocycles. The molecule has 0 saturated carbocycles. The quantitative estimate of drug-likeness (QED) is 0.773. The second-order valence-electron chi connectivity index (χ2n) is 4.57. The van der Waals surface area contributed by atoms with E-state index in [0.29, 0.717) is 5.56 Å². The van der Waals surface area contributed by atoms with Gasteiger partial charge in [0.2, 0.25) is 5.91 Å². The van der Waals surface area contributed by atoms with Crippen LogP contribution < -0.4 is 11.1 Å². The normalized spacial score (nSPS) is 11.5. The number of nitrogens with two attached hydrogens (primary N) is 1. The fourth-order valence-electron chi connectivity index (χ4n) is 2.05. The molecule has 1 atom stereocenters. The molecule has 0 spiro atoms.